The maximum atomic E-state index is 13.3. The van der Waals surface area contributed by atoms with Crippen LogP contribution in [-0.2, 0) is 34.5 Å². The van der Waals surface area contributed by atoms with Gasteiger partial charge >= 0.3 is 5.97 Å². The van der Waals surface area contributed by atoms with Crippen LogP contribution in [0.15, 0.2) is 54.6 Å². The van der Waals surface area contributed by atoms with Crippen molar-refractivity contribution in [2.75, 3.05) is 14.2 Å². The zero-order chi connectivity index (χ0) is 26.9. The number of carbonyl (C=O) groups excluding carboxylic acids is 1. The van der Waals surface area contributed by atoms with E-state index in [0.29, 0.717) is 13.2 Å². The Morgan fingerprint density at radius 1 is 1.03 bits per heavy atom. The van der Waals surface area contributed by atoms with Crippen LogP contribution in [0, 0.1) is 19.3 Å². The van der Waals surface area contributed by atoms with Crippen LogP contribution in [0.3, 0.4) is 0 Å². The van der Waals surface area contributed by atoms with Gasteiger partial charge < -0.3 is 14.2 Å². The first kappa shape index (κ1) is 25.9. The Kier molecular flexibility index (Phi) is 7.21. The standard InChI is InChI=1S/C31H35N3O4/c1-20-7-10-23(17-24(20)19-38-18-22-8-11-25(36-4)12-9-22)28(31(15-6-16-31)30(35)37-5)26-13-14-27-29(21(26)2)32-33-34(27)3/h7-14,17,28H,6,15-16,18-19H2,1-5H3. The Labute approximate surface area is 223 Å². The zero-order valence-corrected chi connectivity index (χ0v) is 22.8. The number of nitrogens with zero attached hydrogens (tertiary/aromatic N) is 3. The summed E-state index contributed by atoms with van der Waals surface area (Å²) in [5.74, 6) is 0.523. The molecule has 0 radical (unpaired) electrons. The lowest BCUT2D eigenvalue weighted by Crippen LogP contribution is -2.45. The lowest BCUT2D eigenvalue weighted by Gasteiger charge is -2.46. The molecule has 1 saturated carbocycles. The van der Waals surface area contributed by atoms with Crippen molar-refractivity contribution < 1.29 is 19.0 Å². The minimum Gasteiger partial charge on any atom is -0.497 e. The summed E-state index contributed by atoms with van der Waals surface area (Å²) in [5, 5.41) is 8.65. The molecule has 1 fully saturated rings. The van der Waals surface area contributed by atoms with Gasteiger partial charge in [0.25, 0.3) is 0 Å². The van der Waals surface area contributed by atoms with Gasteiger partial charge in [-0.3, -0.25) is 4.79 Å². The molecule has 1 aliphatic carbocycles. The third-order valence-electron chi connectivity index (χ3n) is 8.17. The van der Waals surface area contributed by atoms with Gasteiger partial charge in [-0.2, -0.15) is 0 Å². The molecule has 0 amide bonds. The summed E-state index contributed by atoms with van der Waals surface area (Å²) in [6, 6.07) is 18.6. The molecule has 0 aliphatic heterocycles. The van der Waals surface area contributed by atoms with Crippen molar-refractivity contribution in [1.29, 1.82) is 0 Å². The summed E-state index contributed by atoms with van der Waals surface area (Å²) >= 11 is 0. The number of carbonyl (C=O) groups is 1. The Morgan fingerprint density at radius 3 is 2.45 bits per heavy atom. The molecule has 38 heavy (non-hydrogen) atoms. The van der Waals surface area contributed by atoms with Crippen molar-refractivity contribution in [2.24, 2.45) is 12.5 Å². The van der Waals surface area contributed by atoms with Gasteiger partial charge in [0.05, 0.1) is 38.4 Å². The molecule has 3 aromatic carbocycles. The molecule has 7 heteroatoms. The maximum Gasteiger partial charge on any atom is 0.312 e. The summed E-state index contributed by atoms with van der Waals surface area (Å²) in [5.41, 5.74) is 7.82. The lowest BCUT2D eigenvalue weighted by molar-refractivity contribution is -0.159. The monoisotopic (exact) mass is 513 g/mol. The van der Waals surface area contributed by atoms with E-state index in [9.17, 15) is 4.79 Å². The SMILES string of the molecule is COC(=O)C1(C(c2ccc(C)c(COCc3ccc(OC)cc3)c2)c2ccc3c(nnn3C)c2C)CCC1. The molecule has 1 unspecified atom stereocenters. The third kappa shape index (κ3) is 4.56. The van der Waals surface area contributed by atoms with Gasteiger partial charge in [-0.15, -0.1) is 5.10 Å². The van der Waals surface area contributed by atoms with Gasteiger partial charge in [0.2, 0.25) is 0 Å². The minimum atomic E-state index is -0.605. The van der Waals surface area contributed by atoms with Crippen LogP contribution in [0.1, 0.15) is 58.6 Å². The molecule has 0 N–H and O–H groups in total. The highest BCUT2D eigenvalue weighted by Gasteiger charge is 2.53. The fraction of sp³-hybridized carbons (Fsp3) is 0.387. The molecule has 7 nitrogen and oxygen atoms in total. The summed E-state index contributed by atoms with van der Waals surface area (Å²) in [4.78, 5) is 13.3. The van der Waals surface area contributed by atoms with E-state index >= 15 is 0 Å². The van der Waals surface area contributed by atoms with Crippen LogP contribution in [0.4, 0.5) is 0 Å². The molecule has 198 valence electrons. The Bertz CT molecular complexity index is 1450. The average Bonchev–Trinajstić information content (AvgIpc) is 3.29. The first-order valence-corrected chi connectivity index (χ1v) is 13.1. The number of aromatic nitrogens is 3. The first-order chi connectivity index (χ1) is 18.4. The van der Waals surface area contributed by atoms with E-state index in [2.05, 4.69) is 54.5 Å². The van der Waals surface area contributed by atoms with E-state index < -0.39 is 5.41 Å². The molecule has 0 bridgehead atoms. The molecule has 1 aliphatic rings. The molecule has 0 spiro atoms. The summed E-state index contributed by atoms with van der Waals surface area (Å²) in [7, 11) is 5.05. The molecule has 0 saturated heterocycles. The largest absolute Gasteiger partial charge is 0.497 e. The van der Waals surface area contributed by atoms with E-state index in [1.165, 1.54) is 7.11 Å². The maximum absolute atomic E-state index is 13.3. The van der Waals surface area contributed by atoms with Crippen molar-refractivity contribution in [3.8, 4) is 5.75 Å². The number of benzene rings is 3. The highest BCUT2D eigenvalue weighted by molar-refractivity contribution is 5.83. The van der Waals surface area contributed by atoms with Crippen molar-refractivity contribution in [3.63, 3.8) is 0 Å². The number of rotatable bonds is 9. The van der Waals surface area contributed by atoms with Gasteiger partial charge in [-0.1, -0.05) is 48.0 Å². The van der Waals surface area contributed by atoms with E-state index in [-0.39, 0.29) is 11.9 Å². The van der Waals surface area contributed by atoms with Crippen LogP contribution in [0.25, 0.3) is 11.0 Å². The minimum absolute atomic E-state index is 0.148. The van der Waals surface area contributed by atoms with Crippen LogP contribution >= 0.6 is 0 Å². The van der Waals surface area contributed by atoms with Crippen LogP contribution < -0.4 is 4.74 Å². The van der Waals surface area contributed by atoms with Gasteiger partial charge in [0.1, 0.15) is 11.3 Å². The smallest absolute Gasteiger partial charge is 0.312 e. The number of fused-ring (bicyclic) bond motifs is 1. The second-order valence-corrected chi connectivity index (χ2v) is 10.3. The van der Waals surface area contributed by atoms with Crippen molar-refractivity contribution >= 4 is 17.0 Å². The topological polar surface area (TPSA) is 75.5 Å². The molecule has 5 rings (SSSR count). The van der Waals surface area contributed by atoms with E-state index in [4.69, 9.17) is 14.2 Å². The first-order valence-electron chi connectivity index (χ1n) is 13.1. The molecular weight excluding hydrogens is 478 g/mol. The molecule has 4 aromatic rings. The van der Waals surface area contributed by atoms with Gasteiger partial charge in [-0.05, 0) is 78.3 Å². The zero-order valence-electron chi connectivity index (χ0n) is 22.8. The highest BCUT2D eigenvalue weighted by atomic mass is 16.5. The number of hydrogen-bond acceptors (Lipinski definition) is 6. The Morgan fingerprint density at radius 2 is 1.79 bits per heavy atom. The fourth-order valence-electron chi connectivity index (χ4n) is 5.76. The number of aryl methyl sites for hydroxylation is 3. The third-order valence-corrected chi connectivity index (χ3v) is 8.17. The van der Waals surface area contributed by atoms with Gasteiger partial charge in [-0.25, -0.2) is 4.68 Å². The summed E-state index contributed by atoms with van der Waals surface area (Å²) < 4.78 is 18.5. The normalized spacial score (nSPS) is 15.2. The van der Waals surface area contributed by atoms with E-state index in [1.807, 2.05) is 31.3 Å². The molecule has 1 heterocycles. The van der Waals surface area contributed by atoms with Crippen molar-refractivity contribution in [1.82, 2.24) is 15.0 Å². The molecule has 1 aromatic heterocycles. The lowest BCUT2D eigenvalue weighted by atomic mass is 9.57. The fourth-order valence-corrected chi connectivity index (χ4v) is 5.76. The predicted molar refractivity (Wildman–Crippen MR) is 146 cm³/mol. The van der Waals surface area contributed by atoms with Crippen LogP contribution in [0.5, 0.6) is 5.75 Å². The van der Waals surface area contributed by atoms with Crippen molar-refractivity contribution in [2.45, 2.75) is 52.2 Å². The van der Waals surface area contributed by atoms with Crippen molar-refractivity contribution in [3.05, 3.63) is 88.0 Å². The van der Waals surface area contributed by atoms with Gasteiger partial charge in [0.15, 0.2) is 0 Å². The van der Waals surface area contributed by atoms with Crippen LogP contribution in [-0.4, -0.2) is 35.2 Å². The number of methoxy groups -OCH3 is 2. The van der Waals surface area contributed by atoms with E-state index in [0.717, 1.165) is 69.4 Å². The number of hydrogen-bond donors (Lipinski definition) is 0. The van der Waals surface area contributed by atoms with E-state index in [1.54, 1.807) is 11.8 Å². The Balaban J connectivity index is 1.51. The predicted octanol–water partition coefficient (Wildman–Crippen LogP) is 5.79. The average molecular weight is 514 g/mol. The molecular formula is C31H35N3O4. The number of ether oxygens (including phenoxy) is 3. The molecule has 1 atom stereocenters. The van der Waals surface area contributed by atoms with Crippen LogP contribution in [0.2, 0.25) is 0 Å². The quantitative estimate of drug-likeness (QED) is 0.264. The second-order valence-electron chi connectivity index (χ2n) is 10.3. The Hall–Kier alpha value is -3.71. The summed E-state index contributed by atoms with van der Waals surface area (Å²) in [6.07, 6.45) is 2.58. The number of esters is 1. The second kappa shape index (κ2) is 10.6. The summed E-state index contributed by atoms with van der Waals surface area (Å²) in [6.45, 7) is 5.16. The highest BCUT2D eigenvalue weighted by Crippen LogP contribution is 2.56. The van der Waals surface area contributed by atoms with Gasteiger partial charge in [0, 0.05) is 13.0 Å².